The summed E-state index contributed by atoms with van der Waals surface area (Å²) in [6, 6.07) is -2.88. The molecule has 0 aromatic carbocycles. The van der Waals surface area contributed by atoms with Gasteiger partial charge in [-0.3, -0.25) is 14.0 Å². The predicted molar refractivity (Wildman–Crippen MR) is 79.9 cm³/mol. The Morgan fingerprint density at radius 2 is 2.08 bits per heavy atom. The van der Waals surface area contributed by atoms with Crippen LogP contribution in [0, 0.1) is 0 Å². The van der Waals surface area contributed by atoms with E-state index in [0.29, 0.717) is 16.3 Å². The summed E-state index contributed by atoms with van der Waals surface area (Å²) in [6.07, 6.45) is 0. The fourth-order valence-electron chi connectivity index (χ4n) is 3.27. The zero-order valence-corrected chi connectivity index (χ0v) is 14.5. The summed E-state index contributed by atoms with van der Waals surface area (Å²) in [6.45, 7) is -0.527. The molecule has 1 fully saturated rings. The lowest BCUT2D eigenvalue weighted by molar-refractivity contribution is -0.134. The van der Waals surface area contributed by atoms with E-state index in [4.69, 9.17) is 4.55 Å². The van der Waals surface area contributed by atoms with Crippen LogP contribution in [-0.2, 0) is 33.1 Å². The Bertz CT molecular complexity index is 848. The van der Waals surface area contributed by atoms with Crippen LogP contribution in [0.1, 0.15) is 29.0 Å². The molecular weight excluding hydrogens is 358 g/mol. The smallest absolute Gasteiger partial charge is 0.390 e. The summed E-state index contributed by atoms with van der Waals surface area (Å²) in [5.41, 5.74) is 0.877. The van der Waals surface area contributed by atoms with Crippen molar-refractivity contribution in [1.29, 1.82) is 0 Å². The lowest BCUT2D eigenvalue weighted by Crippen LogP contribution is -2.44. The Kier molecular flexibility index (Phi) is 3.98. The standard InChI is InChI=1S/C12H17N5O7S/c1-14(2)11(19)10-9-8(6(5-18)13-15(9)3)7-4-16(10)12(20)17(7)24-25(21,22)23/h7,10,18H,4-5H2,1-3H3,(H,21,22,23). The molecule has 3 amide bonds. The molecule has 1 aromatic rings. The summed E-state index contributed by atoms with van der Waals surface area (Å²) < 4.78 is 36.9. The van der Waals surface area contributed by atoms with Gasteiger partial charge in [-0.05, 0) is 0 Å². The lowest BCUT2D eigenvalue weighted by atomic mass is 9.94. The molecule has 2 N–H and O–H groups in total. The Morgan fingerprint density at radius 3 is 2.60 bits per heavy atom. The summed E-state index contributed by atoms with van der Waals surface area (Å²) in [5, 5.41) is 14.2. The minimum Gasteiger partial charge on any atom is -0.390 e. The first-order valence-electron chi connectivity index (χ1n) is 7.21. The molecule has 1 saturated heterocycles. The van der Waals surface area contributed by atoms with Gasteiger partial charge in [0.25, 0.3) is 5.91 Å². The van der Waals surface area contributed by atoms with Crippen molar-refractivity contribution in [3.05, 3.63) is 17.0 Å². The molecule has 2 unspecified atom stereocenters. The maximum atomic E-state index is 12.6. The molecule has 12 nitrogen and oxygen atoms in total. The van der Waals surface area contributed by atoms with E-state index in [1.165, 1.54) is 23.7 Å². The van der Waals surface area contributed by atoms with Crippen LogP contribution in [0.25, 0.3) is 0 Å². The number of aryl methyl sites for hydroxylation is 1. The van der Waals surface area contributed by atoms with E-state index in [1.807, 2.05) is 0 Å². The Labute approximate surface area is 143 Å². The molecule has 3 heterocycles. The van der Waals surface area contributed by atoms with Crippen molar-refractivity contribution in [3.8, 4) is 0 Å². The number of hydroxylamine groups is 2. The highest BCUT2D eigenvalue weighted by atomic mass is 32.3. The normalized spacial score (nSPS) is 22.4. The van der Waals surface area contributed by atoms with E-state index in [2.05, 4.69) is 9.38 Å². The largest absolute Gasteiger partial charge is 0.418 e. The summed E-state index contributed by atoms with van der Waals surface area (Å²) in [4.78, 5) is 27.6. The second-order valence-corrected chi connectivity index (χ2v) is 6.95. The predicted octanol–water partition coefficient (Wildman–Crippen LogP) is -1.43. The van der Waals surface area contributed by atoms with E-state index in [-0.39, 0.29) is 12.2 Å². The monoisotopic (exact) mass is 375 g/mol. The maximum absolute atomic E-state index is 12.6. The number of aromatic nitrogens is 2. The van der Waals surface area contributed by atoms with Crippen LogP contribution < -0.4 is 0 Å². The quantitative estimate of drug-likeness (QED) is 0.609. The number of likely N-dealkylation sites (N-methyl/N-ethyl adjacent to an activating group) is 1. The minimum atomic E-state index is -4.96. The van der Waals surface area contributed by atoms with Crippen molar-refractivity contribution in [2.75, 3.05) is 20.6 Å². The highest BCUT2D eigenvalue weighted by Gasteiger charge is 2.55. The van der Waals surface area contributed by atoms with Crippen LogP contribution in [0.15, 0.2) is 0 Å². The molecule has 0 saturated carbocycles. The fourth-order valence-corrected chi connectivity index (χ4v) is 3.64. The first kappa shape index (κ1) is 17.6. The third-order valence-electron chi connectivity index (χ3n) is 4.20. The number of rotatable bonds is 4. The SMILES string of the molecule is CN(C)C(=O)C1c2c(c(CO)nn2C)C2CN1C(=O)N2OS(=O)(=O)O. The van der Waals surface area contributed by atoms with Crippen LogP contribution in [0.4, 0.5) is 4.79 Å². The van der Waals surface area contributed by atoms with Crippen LogP contribution >= 0.6 is 0 Å². The number of carbonyl (C=O) groups excluding carboxylic acids is 2. The molecule has 13 heteroatoms. The Hall–Kier alpha value is -2.22. The molecule has 25 heavy (non-hydrogen) atoms. The second kappa shape index (κ2) is 5.66. The van der Waals surface area contributed by atoms with Gasteiger partial charge in [0.05, 0.1) is 24.5 Å². The molecule has 0 radical (unpaired) electrons. The number of hydrogen-bond acceptors (Lipinski definition) is 7. The third-order valence-corrected chi connectivity index (χ3v) is 4.54. The highest BCUT2D eigenvalue weighted by molar-refractivity contribution is 7.80. The van der Waals surface area contributed by atoms with Gasteiger partial charge in [-0.1, -0.05) is 0 Å². The average molecular weight is 375 g/mol. The van der Waals surface area contributed by atoms with Gasteiger partial charge in [0, 0.05) is 26.7 Å². The summed E-state index contributed by atoms with van der Waals surface area (Å²) in [7, 11) is -0.365. The van der Waals surface area contributed by atoms with Crippen molar-refractivity contribution in [1.82, 2.24) is 24.6 Å². The molecule has 2 aliphatic heterocycles. The summed E-state index contributed by atoms with van der Waals surface area (Å²) >= 11 is 0. The molecule has 0 aliphatic carbocycles. The van der Waals surface area contributed by atoms with E-state index in [1.54, 1.807) is 7.05 Å². The van der Waals surface area contributed by atoms with Gasteiger partial charge in [-0.25, -0.2) is 4.79 Å². The van der Waals surface area contributed by atoms with Crippen LogP contribution in [0.3, 0.4) is 0 Å². The van der Waals surface area contributed by atoms with Crippen LogP contribution in [0.2, 0.25) is 0 Å². The molecule has 2 atom stereocenters. The number of carbonyl (C=O) groups is 2. The maximum Gasteiger partial charge on any atom is 0.418 e. The first-order valence-corrected chi connectivity index (χ1v) is 8.57. The summed E-state index contributed by atoms with van der Waals surface area (Å²) in [5.74, 6) is -0.422. The molecule has 3 rings (SSSR count). The topological polar surface area (TPSA) is 146 Å². The fraction of sp³-hybridized carbons (Fsp3) is 0.583. The van der Waals surface area contributed by atoms with Gasteiger partial charge in [0.1, 0.15) is 6.04 Å². The number of aliphatic hydroxyl groups excluding tert-OH is 1. The third kappa shape index (κ3) is 2.64. The van der Waals surface area contributed by atoms with Crippen LogP contribution in [-0.4, -0.2) is 75.3 Å². The van der Waals surface area contributed by atoms with Gasteiger partial charge >= 0.3 is 16.4 Å². The molecule has 0 spiro atoms. The van der Waals surface area contributed by atoms with Gasteiger partial charge in [-0.15, -0.1) is 4.28 Å². The molecule has 2 aliphatic rings. The number of hydrogen-bond donors (Lipinski definition) is 2. The number of aliphatic hydroxyl groups is 1. The zero-order valence-electron chi connectivity index (χ0n) is 13.6. The first-order chi connectivity index (χ1) is 11.6. The second-order valence-electron chi connectivity index (χ2n) is 5.94. The van der Waals surface area contributed by atoms with Crippen molar-refractivity contribution in [2.24, 2.45) is 7.05 Å². The van der Waals surface area contributed by atoms with E-state index < -0.39 is 41.0 Å². The molecule has 1 aromatic heterocycles. The lowest BCUT2D eigenvalue weighted by Gasteiger charge is -2.32. The zero-order chi connectivity index (χ0) is 18.7. The molecular formula is C12H17N5O7S. The average Bonchev–Trinajstić information content (AvgIpc) is 2.97. The molecule has 138 valence electrons. The van der Waals surface area contributed by atoms with Gasteiger partial charge in [0.15, 0.2) is 6.04 Å². The van der Waals surface area contributed by atoms with E-state index >= 15 is 0 Å². The number of amides is 3. The van der Waals surface area contributed by atoms with E-state index in [0.717, 1.165) is 4.90 Å². The van der Waals surface area contributed by atoms with Crippen molar-refractivity contribution >= 4 is 22.3 Å². The van der Waals surface area contributed by atoms with Gasteiger partial charge in [0.2, 0.25) is 0 Å². The molecule has 2 bridgehead atoms. The van der Waals surface area contributed by atoms with Crippen molar-refractivity contribution in [3.63, 3.8) is 0 Å². The van der Waals surface area contributed by atoms with Gasteiger partial charge in [-0.2, -0.15) is 18.6 Å². The number of urea groups is 1. The Morgan fingerprint density at radius 1 is 1.44 bits per heavy atom. The van der Waals surface area contributed by atoms with Crippen molar-refractivity contribution in [2.45, 2.75) is 18.7 Å². The van der Waals surface area contributed by atoms with Gasteiger partial charge < -0.3 is 14.9 Å². The van der Waals surface area contributed by atoms with E-state index in [9.17, 15) is 23.1 Å². The van der Waals surface area contributed by atoms with Crippen LogP contribution in [0.5, 0.6) is 0 Å². The number of nitrogens with zero attached hydrogens (tertiary/aromatic N) is 5. The minimum absolute atomic E-state index is 0.0513. The van der Waals surface area contributed by atoms with Crippen molar-refractivity contribution < 1.29 is 31.9 Å². The number of fused-ring (bicyclic) bond motifs is 4. The Balaban J connectivity index is 2.19. The highest BCUT2D eigenvalue weighted by Crippen LogP contribution is 2.45.